The summed E-state index contributed by atoms with van der Waals surface area (Å²) in [4.78, 5) is 4.53. The van der Waals surface area contributed by atoms with Crippen LogP contribution in [0.1, 0.15) is 23.5 Å². The second-order valence-electron chi connectivity index (χ2n) is 5.70. The molecule has 3 aromatic rings. The van der Waals surface area contributed by atoms with E-state index in [0.29, 0.717) is 5.11 Å². The van der Waals surface area contributed by atoms with Gasteiger partial charge in [-0.3, -0.25) is 0 Å². The molecule has 0 fully saturated rings. The van der Waals surface area contributed by atoms with Crippen molar-refractivity contribution in [2.24, 2.45) is 0 Å². The van der Waals surface area contributed by atoms with E-state index in [1.165, 1.54) is 0 Å². The topological polar surface area (TPSA) is 37.0 Å². The fourth-order valence-electron chi connectivity index (χ4n) is 2.45. The Morgan fingerprint density at radius 1 is 1.20 bits per heavy atom. The Labute approximate surface area is 162 Å². The fraction of sp³-hybridized carbons (Fsp3) is 0.158. The summed E-state index contributed by atoms with van der Waals surface area (Å²) in [5.41, 5.74) is 4.12. The summed E-state index contributed by atoms with van der Waals surface area (Å²) < 4.78 is 0. The van der Waals surface area contributed by atoms with Gasteiger partial charge in [0.2, 0.25) is 0 Å². The molecule has 1 atom stereocenters. The number of nitrogens with zero attached hydrogens (tertiary/aromatic N) is 1. The molecular formula is C19H18ClN3S2. The van der Waals surface area contributed by atoms with Gasteiger partial charge in [0.1, 0.15) is 0 Å². The van der Waals surface area contributed by atoms with Crippen LogP contribution in [-0.4, -0.2) is 10.1 Å². The molecule has 0 amide bonds. The van der Waals surface area contributed by atoms with Crippen molar-refractivity contribution in [2.75, 3.05) is 5.32 Å². The van der Waals surface area contributed by atoms with Crippen LogP contribution in [0.25, 0.3) is 11.3 Å². The van der Waals surface area contributed by atoms with Crippen LogP contribution in [-0.2, 0) is 0 Å². The highest BCUT2D eigenvalue weighted by Crippen LogP contribution is 2.24. The molecule has 0 saturated heterocycles. The maximum Gasteiger partial charge on any atom is 0.171 e. The minimum atomic E-state index is 0.0849. The van der Waals surface area contributed by atoms with Crippen LogP contribution in [0.3, 0.4) is 0 Å². The van der Waals surface area contributed by atoms with E-state index in [1.54, 1.807) is 11.3 Å². The van der Waals surface area contributed by atoms with Gasteiger partial charge in [-0.25, -0.2) is 4.98 Å². The zero-order chi connectivity index (χ0) is 17.8. The summed E-state index contributed by atoms with van der Waals surface area (Å²) in [6.07, 6.45) is 0. The molecule has 3 rings (SSSR count). The van der Waals surface area contributed by atoms with Crippen LogP contribution in [0.15, 0.2) is 53.9 Å². The molecule has 6 heteroatoms. The molecule has 0 bridgehead atoms. The van der Waals surface area contributed by atoms with E-state index in [9.17, 15) is 0 Å². The predicted molar refractivity (Wildman–Crippen MR) is 112 cm³/mol. The van der Waals surface area contributed by atoms with Gasteiger partial charge in [-0.05, 0) is 55.9 Å². The van der Waals surface area contributed by atoms with Gasteiger partial charge >= 0.3 is 0 Å². The second kappa shape index (κ2) is 7.95. The second-order valence-corrected chi connectivity index (χ2v) is 7.61. The zero-order valence-electron chi connectivity index (χ0n) is 13.9. The van der Waals surface area contributed by atoms with Crippen LogP contribution in [0.2, 0.25) is 5.02 Å². The van der Waals surface area contributed by atoms with Gasteiger partial charge in [0, 0.05) is 21.7 Å². The first-order chi connectivity index (χ1) is 12.0. The number of anilines is 1. The number of thiazole rings is 1. The van der Waals surface area contributed by atoms with Gasteiger partial charge in [-0.1, -0.05) is 35.9 Å². The molecule has 0 saturated carbocycles. The van der Waals surface area contributed by atoms with E-state index in [0.717, 1.165) is 32.5 Å². The SMILES string of the molecule is Cc1nc(-c2cccc(NC(=S)N[C@H](C)c3ccc(Cl)cc3)c2)cs1. The normalized spacial score (nSPS) is 11.8. The van der Waals surface area contributed by atoms with Crippen molar-refractivity contribution in [3.63, 3.8) is 0 Å². The van der Waals surface area contributed by atoms with E-state index in [1.807, 2.05) is 49.4 Å². The Balaban J connectivity index is 1.65. The lowest BCUT2D eigenvalue weighted by molar-refractivity contribution is 0.723. The van der Waals surface area contributed by atoms with Crippen LogP contribution in [0.4, 0.5) is 5.69 Å². The van der Waals surface area contributed by atoms with Gasteiger partial charge in [-0.15, -0.1) is 11.3 Å². The van der Waals surface area contributed by atoms with Crippen molar-refractivity contribution in [1.82, 2.24) is 10.3 Å². The summed E-state index contributed by atoms with van der Waals surface area (Å²) in [6.45, 7) is 4.07. The van der Waals surface area contributed by atoms with Crippen LogP contribution >= 0.6 is 35.2 Å². The first-order valence-corrected chi connectivity index (χ1v) is 9.53. The summed E-state index contributed by atoms with van der Waals surface area (Å²) in [5, 5.41) is 11.0. The van der Waals surface area contributed by atoms with Gasteiger partial charge < -0.3 is 10.6 Å². The molecule has 0 aliphatic heterocycles. The number of aryl methyl sites for hydroxylation is 1. The quantitative estimate of drug-likeness (QED) is 0.553. The molecule has 0 unspecified atom stereocenters. The Morgan fingerprint density at radius 3 is 2.64 bits per heavy atom. The average molecular weight is 388 g/mol. The van der Waals surface area contributed by atoms with E-state index in [-0.39, 0.29) is 6.04 Å². The Hall–Kier alpha value is -1.95. The molecule has 128 valence electrons. The smallest absolute Gasteiger partial charge is 0.171 e. The Bertz CT molecular complexity index is 874. The monoisotopic (exact) mass is 387 g/mol. The highest BCUT2D eigenvalue weighted by atomic mass is 35.5. The molecule has 0 spiro atoms. The third kappa shape index (κ3) is 4.78. The van der Waals surface area contributed by atoms with Crippen molar-refractivity contribution < 1.29 is 0 Å². The zero-order valence-corrected chi connectivity index (χ0v) is 16.3. The van der Waals surface area contributed by atoms with Crippen LogP contribution < -0.4 is 10.6 Å². The van der Waals surface area contributed by atoms with Gasteiger partial charge in [0.25, 0.3) is 0 Å². The molecule has 3 nitrogen and oxygen atoms in total. The van der Waals surface area contributed by atoms with E-state index in [2.05, 4.69) is 34.0 Å². The Kier molecular flexibility index (Phi) is 5.68. The molecule has 1 heterocycles. The number of rotatable bonds is 4. The molecule has 2 N–H and O–H groups in total. The molecule has 2 aromatic carbocycles. The van der Waals surface area contributed by atoms with Crippen molar-refractivity contribution in [1.29, 1.82) is 0 Å². The minimum Gasteiger partial charge on any atom is -0.356 e. The summed E-state index contributed by atoms with van der Waals surface area (Å²) in [7, 11) is 0. The average Bonchev–Trinajstić information content (AvgIpc) is 3.02. The molecule has 25 heavy (non-hydrogen) atoms. The number of aromatic nitrogens is 1. The van der Waals surface area contributed by atoms with Gasteiger partial charge in [-0.2, -0.15) is 0 Å². The lowest BCUT2D eigenvalue weighted by Crippen LogP contribution is -2.30. The number of hydrogen-bond acceptors (Lipinski definition) is 3. The van der Waals surface area contributed by atoms with Crippen molar-refractivity contribution >= 4 is 46.0 Å². The maximum atomic E-state index is 5.93. The van der Waals surface area contributed by atoms with Gasteiger partial charge in [0.15, 0.2) is 5.11 Å². The van der Waals surface area contributed by atoms with Crippen molar-refractivity contribution in [2.45, 2.75) is 19.9 Å². The van der Waals surface area contributed by atoms with Crippen LogP contribution in [0, 0.1) is 6.92 Å². The molecule has 0 radical (unpaired) electrons. The summed E-state index contributed by atoms with van der Waals surface area (Å²) in [5.74, 6) is 0. The van der Waals surface area contributed by atoms with E-state index in [4.69, 9.17) is 23.8 Å². The third-order valence-electron chi connectivity index (χ3n) is 3.75. The van der Waals surface area contributed by atoms with Crippen molar-refractivity contribution in [3.8, 4) is 11.3 Å². The van der Waals surface area contributed by atoms with Crippen molar-refractivity contribution in [3.05, 3.63) is 69.5 Å². The fourth-order valence-corrected chi connectivity index (χ4v) is 3.49. The highest BCUT2D eigenvalue weighted by molar-refractivity contribution is 7.80. The maximum absolute atomic E-state index is 5.93. The van der Waals surface area contributed by atoms with Gasteiger partial charge in [0.05, 0.1) is 16.7 Å². The highest BCUT2D eigenvalue weighted by Gasteiger charge is 2.08. The standard InChI is InChI=1S/C19H18ClN3S2/c1-12(14-6-8-16(20)9-7-14)21-19(24)23-17-5-3-4-15(10-17)18-11-25-13(2)22-18/h3-12H,1-2H3,(H2,21,23,24)/t12-/m1/s1. The first kappa shape index (κ1) is 17.9. The summed E-state index contributed by atoms with van der Waals surface area (Å²) >= 11 is 13.0. The number of nitrogens with one attached hydrogen (secondary N) is 2. The lowest BCUT2D eigenvalue weighted by atomic mass is 10.1. The molecule has 1 aromatic heterocycles. The van der Waals surface area contributed by atoms with E-state index < -0.39 is 0 Å². The Morgan fingerprint density at radius 2 is 1.96 bits per heavy atom. The number of hydrogen-bond donors (Lipinski definition) is 2. The molecule has 0 aliphatic carbocycles. The first-order valence-electron chi connectivity index (χ1n) is 7.87. The number of halogens is 1. The number of benzene rings is 2. The van der Waals surface area contributed by atoms with E-state index >= 15 is 0 Å². The summed E-state index contributed by atoms with van der Waals surface area (Å²) in [6, 6.07) is 15.9. The van der Waals surface area contributed by atoms with Crippen LogP contribution in [0.5, 0.6) is 0 Å². The minimum absolute atomic E-state index is 0.0849. The largest absolute Gasteiger partial charge is 0.356 e. The lowest BCUT2D eigenvalue weighted by Gasteiger charge is -2.17. The third-order valence-corrected chi connectivity index (χ3v) is 5.00. The molecule has 0 aliphatic rings. The molecular weight excluding hydrogens is 370 g/mol. The number of thiocarbonyl (C=S) groups is 1. The predicted octanol–water partition coefficient (Wildman–Crippen LogP) is 5.82.